The third-order valence-electron chi connectivity index (χ3n) is 6.07. The highest BCUT2D eigenvalue weighted by Gasteiger charge is 2.24. The van der Waals surface area contributed by atoms with Crippen LogP contribution in [0.2, 0.25) is 5.02 Å². The molecular weight excluding hydrogens is 454 g/mol. The molecule has 2 amide bonds. The average Bonchev–Trinajstić information content (AvgIpc) is 3.20. The minimum atomic E-state index is -0.150. The maximum atomic E-state index is 12.8. The number of carbonyl (C=O) groups excluding carboxylic acids is 2. The topological polar surface area (TPSA) is 75.0 Å². The van der Waals surface area contributed by atoms with E-state index in [-0.39, 0.29) is 18.4 Å². The standard InChI is InChI=1S/C26H24ClN3O4/c1-33-24-14-20-19-7-2-3-8-22(19)34-23(20)15-21(24)28-25(31)16-29-9-11-30(12-10-29)26(32)17-5-4-6-18(27)13-17/h2-8,13-15H,9-12,16H2,1H3,(H,28,31). The summed E-state index contributed by atoms with van der Waals surface area (Å²) in [5.41, 5.74) is 2.61. The fraction of sp³-hybridized carbons (Fsp3) is 0.231. The summed E-state index contributed by atoms with van der Waals surface area (Å²) in [5.74, 6) is 0.378. The van der Waals surface area contributed by atoms with E-state index in [1.165, 1.54) is 0 Å². The van der Waals surface area contributed by atoms with Gasteiger partial charge < -0.3 is 19.4 Å². The van der Waals surface area contributed by atoms with Gasteiger partial charge in [-0.1, -0.05) is 35.9 Å². The van der Waals surface area contributed by atoms with Gasteiger partial charge in [0, 0.05) is 53.6 Å². The van der Waals surface area contributed by atoms with E-state index in [2.05, 4.69) is 5.32 Å². The Bertz CT molecular complexity index is 1380. The number of amides is 2. The van der Waals surface area contributed by atoms with Crippen molar-refractivity contribution < 1.29 is 18.7 Å². The van der Waals surface area contributed by atoms with Crippen LogP contribution in [0.5, 0.6) is 5.75 Å². The number of furan rings is 1. The van der Waals surface area contributed by atoms with E-state index in [1.54, 1.807) is 42.3 Å². The number of carbonyl (C=O) groups is 2. The summed E-state index contributed by atoms with van der Waals surface area (Å²) in [7, 11) is 1.58. The van der Waals surface area contributed by atoms with E-state index in [0.717, 1.165) is 16.4 Å². The molecule has 5 rings (SSSR count). The molecule has 1 N–H and O–H groups in total. The molecule has 1 aromatic heterocycles. The van der Waals surface area contributed by atoms with Crippen LogP contribution in [0, 0.1) is 0 Å². The van der Waals surface area contributed by atoms with Crippen molar-refractivity contribution in [1.29, 1.82) is 0 Å². The van der Waals surface area contributed by atoms with E-state index >= 15 is 0 Å². The Hall–Kier alpha value is -3.55. The molecule has 3 aromatic carbocycles. The van der Waals surface area contributed by atoms with E-state index in [4.69, 9.17) is 20.8 Å². The van der Waals surface area contributed by atoms with E-state index in [9.17, 15) is 9.59 Å². The number of para-hydroxylation sites is 1. The van der Waals surface area contributed by atoms with E-state index in [0.29, 0.717) is 53.8 Å². The molecule has 174 valence electrons. The minimum Gasteiger partial charge on any atom is -0.495 e. The van der Waals surface area contributed by atoms with Gasteiger partial charge in [0.15, 0.2) is 0 Å². The normalized spacial score (nSPS) is 14.5. The third-order valence-corrected chi connectivity index (χ3v) is 6.31. The second-order valence-corrected chi connectivity index (χ2v) is 8.71. The van der Waals surface area contributed by atoms with Crippen molar-refractivity contribution in [2.24, 2.45) is 0 Å². The Morgan fingerprint density at radius 1 is 0.971 bits per heavy atom. The van der Waals surface area contributed by atoms with E-state index < -0.39 is 0 Å². The van der Waals surface area contributed by atoms with Crippen LogP contribution >= 0.6 is 11.6 Å². The zero-order valence-corrected chi connectivity index (χ0v) is 19.5. The molecule has 1 saturated heterocycles. The molecule has 8 heteroatoms. The summed E-state index contributed by atoms with van der Waals surface area (Å²) in [5, 5.41) is 5.42. The first-order valence-electron chi connectivity index (χ1n) is 11.1. The first-order chi connectivity index (χ1) is 16.5. The van der Waals surface area contributed by atoms with Crippen molar-refractivity contribution in [2.75, 3.05) is 45.2 Å². The Labute approximate surface area is 201 Å². The lowest BCUT2D eigenvalue weighted by Crippen LogP contribution is -2.50. The Kier molecular flexibility index (Phi) is 6.13. The number of piperazine rings is 1. The molecule has 0 saturated carbocycles. The fourth-order valence-electron chi connectivity index (χ4n) is 4.32. The third kappa shape index (κ3) is 4.44. The highest BCUT2D eigenvalue weighted by atomic mass is 35.5. The van der Waals surface area contributed by atoms with Crippen molar-refractivity contribution in [1.82, 2.24) is 9.80 Å². The first kappa shape index (κ1) is 22.3. The Balaban J connectivity index is 1.22. The first-order valence-corrected chi connectivity index (χ1v) is 11.5. The van der Waals surface area contributed by atoms with Crippen LogP contribution in [-0.2, 0) is 4.79 Å². The number of fused-ring (bicyclic) bond motifs is 3. The molecule has 0 aliphatic carbocycles. The van der Waals surface area contributed by atoms with Crippen molar-refractivity contribution in [3.8, 4) is 5.75 Å². The van der Waals surface area contributed by atoms with Gasteiger partial charge >= 0.3 is 0 Å². The number of halogens is 1. The predicted octanol–water partition coefficient (Wildman–Crippen LogP) is 4.64. The van der Waals surface area contributed by atoms with Crippen molar-refractivity contribution in [3.63, 3.8) is 0 Å². The second kappa shape index (κ2) is 9.37. The van der Waals surface area contributed by atoms with Crippen LogP contribution in [0.15, 0.2) is 65.1 Å². The summed E-state index contributed by atoms with van der Waals surface area (Å²) < 4.78 is 11.5. The SMILES string of the molecule is COc1cc2c(cc1NC(=O)CN1CCN(C(=O)c3cccc(Cl)c3)CC1)oc1ccccc12. The predicted molar refractivity (Wildman–Crippen MR) is 133 cm³/mol. The van der Waals surface area contributed by atoms with Crippen LogP contribution in [0.4, 0.5) is 5.69 Å². The summed E-state index contributed by atoms with van der Waals surface area (Å²) in [6, 6.07) is 18.4. The molecule has 7 nitrogen and oxygen atoms in total. The zero-order chi connectivity index (χ0) is 23.7. The lowest BCUT2D eigenvalue weighted by molar-refractivity contribution is -0.117. The van der Waals surface area contributed by atoms with Crippen LogP contribution in [-0.4, -0.2) is 61.4 Å². The van der Waals surface area contributed by atoms with Crippen molar-refractivity contribution in [3.05, 3.63) is 71.2 Å². The highest BCUT2D eigenvalue weighted by Crippen LogP contribution is 2.36. The van der Waals surface area contributed by atoms with Crippen LogP contribution in [0.1, 0.15) is 10.4 Å². The van der Waals surface area contributed by atoms with Crippen LogP contribution < -0.4 is 10.1 Å². The minimum absolute atomic E-state index is 0.0459. The second-order valence-electron chi connectivity index (χ2n) is 8.27. The maximum absolute atomic E-state index is 12.8. The Morgan fingerprint density at radius 3 is 2.53 bits per heavy atom. The summed E-state index contributed by atoms with van der Waals surface area (Å²) in [6.07, 6.45) is 0. The molecule has 2 heterocycles. The lowest BCUT2D eigenvalue weighted by atomic mass is 10.1. The molecule has 1 aliphatic rings. The molecule has 0 bridgehead atoms. The molecule has 0 spiro atoms. The molecule has 0 radical (unpaired) electrons. The van der Waals surface area contributed by atoms with Crippen LogP contribution in [0.25, 0.3) is 21.9 Å². The number of nitrogens with zero attached hydrogens (tertiary/aromatic N) is 2. The maximum Gasteiger partial charge on any atom is 0.253 e. The molecule has 1 fully saturated rings. The zero-order valence-electron chi connectivity index (χ0n) is 18.7. The molecular formula is C26H24ClN3O4. The average molecular weight is 478 g/mol. The van der Waals surface area contributed by atoms with Gasteiger partial charge in [0.25, 0.3) is 5.91 Å². The number of benzene rings is 3. The summed E-state index contributed by atoms with van der Waals surface area (Å²) >= 11 is 6.01. The smallest absolute Gasteiger partial charge is 0.253 e. The number of anilines is 1. The van der Waals surface area contributed by atoms with Gasteiger partial charge in [0.1, 0.15) is 16.9 Å². The largest absolute Gasteiger partial charge is 0.495 e. The molecule has 1 aliphatic heterocycles. The summed E-state index contributed by atoms with van der Waals surface area (Å²) in [6.45, 7) is 2.54. The van der Waals surface area contributed by atoms with E-state index in [1.807, 2.05) is 35.2 Å². The quantitative estimate of drug-likeness (QED) is 0.453. The van der Waals surface area contributed by atoms with Gasteiger partial charge in [0.05, 0.1) is 19.3 Å². The summed E-state index contributed by atoms with van der Waals surface area (Å²) in [4.78, 5) is 29.3. The molecule has 34 heavy (non-hydrogen) atoms. The number of nitrogens with one attached hydrogen (secondary N) is 1. The number of hydrogen-bond acceptors (Lipinski definition) is 5. The number of methoxy groups -OCH3 is 1. The van der Waals surface area contributed by atoms with Crippen molar-refractivity contribution in [2.45, 2.75) is 0 Å². The molecule has 0 atom stereocenters. The van der Waals surface area contributed by atoms with Gasteiger partial charge in [-0.25, -0.2) is 0 Å². The van der Waals surface area contributed by atoms with Gasteiger partial charge in [-0.2, -0.15) is 0 Å². The fourth-order valence-corrected chi connectivity index (χ4v) is 4.51. The molecule has 0 unspecified atom stereocenters. The number of ether oxygens (including phenoxy) is 1. The monoisotopic (exact) mass is 477 g/mol. The Morgan fingerprint density at radius 2 is 1.76 bits per heavy atom. The number of rotatable bonds is 5. The van der Waals surface area contributed by atoms with Gasteiger partial charge in [-0.15, -0.1) is 0 Å². The van der Waals surface area contributed by atoms with Gasteiger partial charge in [-0.3, -0.25) is 14.5 Å². The lowest BCUT2D eigenvalue weighted by Gasteiger charge is -2.34. The highest BCUT2D eigenvalue weighted by molar-refractivity contribution is 6.31. The molecule has 4 aromatic rings. The van der Waals surface area contributed by atoms with Crippen molar-refractivity contribution >= 4 is 51.0 Å². The van der Waals surface area contributed by atoms with Crippen LogP contribution in [0.3, 0.4) is 0 Å². The number of hydrogen-bond donors (Lipinski definition) is 1. The van der Waals surface area contributed by atoms with Gasteiger partial charge in [-0.05, 0) is 30.3 Å². The van der Waals surface area contributed by atoms with Gasteiger partial charge in [0.2, 0.25) is 5.91 Å².